The van der Waals surface area contributed by atoms with E-state index < -0.39 is 11.9 Å². The second kappa shape index (κ2) is 9.19. The van der Waals surface area contributed by atoms with E-state index in [4.69, 9.17) is 9.47 Å². The molecule has 1 amide bonds. The summed E-state index contributed by atoms with van der Waals surface area (Å²) in [6.07, 6.45) is 1.45. The van der Waals surface area contributed by atoms with Crippen LogP contribution in [0.15, 0.2) is 12.7 Å². The largest absolute Gasteiger partial charge is 0.462 e. The first-order chi connectivity index (χ1) is 11.3. The summed E-state index contributed by atoms with van der Waals surface area (Å²) in [6.45, 7) is 7.19. The lowest BCUT2D eigenvalue weighted by atomic mass is 10.1. The number of likely N-dealkylation sites (N-methyl/N-ethyl adjacent to an activating group) is 1. The number of carbonyl (C=O) groups excluding carboxylic acids is 3. The number of hydrogen-bond donors (Lipinski definition) is 1. The first-order valence-corrected chi connectivity index (χ1v) is 8.16. The van der Waals surface area contributed by atoms with Crippen molar-refractivity contribution in [3.05, 3.63) is 28.7 Å². The molecule has 0 unspecified atom stereocenters. The van der Waals surface area contributed by atoms with Gasteiger partial charge in [0.25, 0.3) is 0 Å². The van der Waals surface area contributed by atoms with Gasteiger partial charge in [0.05, 0.1) is 18.7 Å². The number of anilines is 1. The minimum absolute atomic E-state index is 0.0627. The molecule has 1 aromatic rings. The Balaban J connectivity index is 3.18. The molecular weight excluding hydrogens is 332 g/mol. The number of hydrogen-bond acceptors (Lipinski definition) is 7. The molecule has 8 heteroatoms. The summed E-state index contributed by atoms with van der Waals surface area (Å²) < 4.78 is 10.0. The topological polar surface area (TPSA) is 84.9 Å². The Kier molecular flexibility index (Phi) is 7.60. The zero-order valence-electron chi connectivity index (χ0n) is 14.3. The molecule has 1 rings (SSSR count). The van der Waals surface area contributed by atoms with Crippen LogP contribution in [0.4, 0.5) is 5.00 Å². The number of carbonyl (C=O) groups is 3. The Hall–Kier alpha value is -2.19. The van der Waals surface area contributed by atoms with Crippen LogP contribution in [0.3, 0.4) is 0 Å². The fourth-order valence-corrected chi connectivity index (χ4v) is 3.00. The summed E-state index contributed by atoms with van der Waals surface area (Å²) in [7, 11) is 3.51. The molecule has 0 atom stereocenters. The summed E-state index contributed by atoms with van der Waals surface area (Å²) in [5.41, 5.74) is 0.604. The van der Waals surface area contributed by atoms with Gasteiger partial charge >= 0.3 is 11.9 Å². The van der Waals surface area contributed by atoms with Crippen LogP contribution in [0.1, 0.15) is 32.5 Å². The van der Waals surface area contributed by atoms with Gasteiger partial charge in [-0.25, -0.2) is 9.59 Å². The van der Waals surface area contributed by atoms with Crippen LogP contribution in [0.25, 0.3) is 0 Å². The van der Waals surface area contributed by atoms with Crippen molar-refractivity contribution in [2.75, 3.05) is 39.2 Å². The van der Waals surface area contributed by atoms with E-state index in [2.05, 4.69) is 11.9 Å². The second-order valence-corrected chi connectivity index (χ2v) is 6.17. The predicted octanol–water partition coefficient (Wildman–Crippen LogP) is 2.08. The Labute approximate surface area is 145 Å². The van der Waals surface area contributed by atoms with Crippen LogP contribution in [0.5, 0.6) is 0 Å². The van der Waals surface area contributed by atoms with Crippen LogP contribution in [0.2, 0.25) is 0 Å². The van der Waals surface area contributed by atoms with E-state index in [1.165, 1.54) is 6.08 Å². The molecule has 24 heavy (non-hydrogen) atoms. The van der Waals surface area contributed by atoms with Gasteiger partial charge in [-0.05, 0) is 33.5 Å². The van der Waals surface area contributed by atoms with Gasteiger partial charge in [-0.1, -0.05) is 12.7 Å². The lowest BCUT2D eigenvalue weighted by Gasteiger charge is -2.10. The first-order valence-electron chi connectivity index (χ1n) is 7.34. The molecule has 0 radical (unpaired) electrons. The lowest BCUT2D eigenvalue weighted by molar-refractivity contribution is -0.116. The zero-order valence-corrected chi connectivity index (χ0v) is 15.1. The normalized spacial score (nSPS) is 10.4. The van der Waals surface area contributed by atoms with E-state index in [9.17, 15) is 14.4 Å². The van der Waals surface area contributed by atoms with E-state index in [1.807, 2.05) is 0 Å². The molecule has 0 fully saturated rings. The van der Waals surface area contributed by atoms with Gasteiger partial charge in [-0.2, -0.15) is 0 Å². The average Bonchev–Trinajstić information content (AvgIpc) is 2.80. The lowest BCUT2D eigenvalue weighted by Crippen LogP contribution is -2.27. The van der Waals surface area contributed by atoms with Gasteiger partial charge in [-0.3, -0.25) is 4.79 Å². The highest BCUT2D eigenvalue weighted by Crippen LogP contribution is 2.34. The molecule has 1 N–H and O–H groups in total. The van der Waals surface area contributed by atoms with Gasteiger partial charge in [0, 0.05) is 0 Å². The van der Waals surface area contributed by atoms with Crippen molar-refractivity contribution >= 4 is 34.2 Å². The summed E-state index contributed by atoms with van der Waals surface area (Å²) in [6, 6.07) is 0. The van der Waals surface area contributed by atoms with Crippen LogP contribution < -0.4 is 5.32 Å². The molecule has 0 aliphatic carbocycles. The van der Waals surface area contributed by atoms with Crippen LogP contribution in [-0.4, -0.2) is 56.6 Å². The van der Waals surface area contributed by atoms with Crippen LogP contribution in [-0.2, 0) is 14.3 Å². The number of rotatable bonds is 8. The number of esters is 2. The predicted molar refractivity (Wildman–Crippen MR) is 92.7 cm³/mol. The van der Waals surface area contributed by atoms with Crippen molar-refractivity contribution < 1.29 is 23.9 Å². The number of nitrogens with one attached hydrogen (secondary N) is 1. The number of amides is 1. The Morgan fingerprint density at radius 1 is 1.25 bits per heavy atom. The third-order valence-electron chi connectivity index (χ3n) is 2.86. The van der Waals surface area contributed by atoms with Gasteiger partial charge < -0.3 is 19.7 Å². The van der Waals surface area contributed by atoms with Gasteiger partial charge in [0.15, 0.2) is 0 Å². The average molecular weight is 354 g/mol. The molecule has 0 aromatic carbocycles. The van der Waals surface area contributed by atoms with Crippen molar-refractivity contribution in [1.29, 1.82) is 0 Å². The molecule has 1 heterocycles. The maximum absolute atomic E-state index is 12.2. The maximum Gasteiger partial charge on any atom is 0.348 e. The quantitative estimate of drug-likeness (QED) is 0.568. The molecule has 0 saturated heterocycles. The van der Waals surface area contributed by atoms with Gasteiger partial charge in [0.2, 0.25) is 5.91 Å². The molecular formula is C16H22N2O5S. The van der Waals surface area contributed by atoms with Gasteiger partial charge in [0.1, 0.15) is 16.5 Å². The molecule has 0 saturated carbocycles. The summed E-state index contributed by atoms with van der Waals surface area (Å²) in [5.74, 6) is -1.46. The minimum Gasteiger partial charge on any atom is -0.462 e. The molecule has 7 nitrogen and oxygen atoms in total. The molecule has 132 valence electrons. The van der Waals surface area contributed by atoms with Crippen molar-refractivity contribution in [1.82, 2.24) is 4.90 Å². The summed E-state index contributed by atoms with van der Waals surface area (Å²) in [5, 5.41) is 2.94. The minimum atomic E-state index is -0.589. The SMILES string of the molecule is C=CCOC(=O)c1sc(NC(=O)CN(C)C)c(C(=O)OCC)c1C. The van der Waals surface area contributed by atoms with Crippen LogP contribution in [0, 0.1) is 6.92 Å². The monoisotopic (exact) mass is 354 g/mol. The van der Waals surface area contributed by atoms with E-state index >= 15 is 0 Å². The summed E-state index contributed by atoms with van der Waals surface area (Å²) in [4.78, 5) is 38.2. The van der Waals surface area contributed by atoms with Gasteiger partial charge in [-0.15, -0.1) is 11.3 Å². The Morgan fingerprint density at radius 3 is 2.46 bits per heavy atom. The molecule has 0 bridgehead atoms. The zero-order chi connectivity index (χ0) is 18.3. The molecule has 1 aromatic heterocycles. The van der Waals surface area contributed by atoms with Crippen molar-refractivity contribution in [2.24, 2.45) is 0 Å². The van der Waals surface area contributed by atoms with E-state index in [1.54, 1.807) is 32.8 Å². The number of ether oxygens (including phenoxy) is 2. The summed E-state index contributed by atoms with van der Waals surface area (Å²) >= 11 is 0.994. The van der Waals surface area contributed by atoms with Crippen molar-refractivity contribution in [3.63, 3.8) is 0 Å². The highest BCUT2D eigenvalue weighted by atomic mass is 32.1. The fourth-order valence-electron chi connectivity index (χ4n) is 1.90. The molecule has 0 spiro atoms. The van der Waals surface area contributed by atoms with Crippen LogP contribution >= 0.6 is 11.3 Å². The van der Waals surface area contributed by atoms with E-state index in [0.717, 1.165) is 11.3 Å². The number of nitrogens with zero attached hydrogens (tertiary/aromatic N) is 1. The smallest absolute Gasteiger partial charge is 0.348 e. The van der Waals surface area contributed by atoms with E-state index in [-0.39, 0.29) is 41.1 Å². The highest BCUT2D eigenvalue weighted by Gasteiger charge is 2.27. The molecule has 0 aliphatic heterocycles. The third kappa shape index (κ3) is 5.17. The second-order valence-electron chi connectivity index (χ2n) is 5.15. The standard InChI is InChI=1S/C16H22N2O5S/c1-6-8-23-16(21)13-10(3)12(15(20)22-7-2)14(24-13)17-11(19)9-18(4)5/h6H,1,7-9H2,2-5H3,(H,17,19). The van der Waals surface area contributed by atoms with Crippen molar-refractivity contribution in [2.45, 2.75) is 13.8 Å². The maximum atomic E-state index is 12.2. The third-order valence-corrected chi connectivity index (χ3v) is 4.04. The number of thiophene rings is 1. The fraction of sp³-hybridized carbons (Fsp3) is 0.438. The van der Waals surface area contributed by atoms with E-state index in [0.29, 0.717) is 5.56 Å². The highest BCUT2D eigenvalue weighted by molar-refractivity contribution is 7.18. The first kappa shape index (κ1) is 19.9. The Morgan fingerprint density at radius 2 is 1.92 bits per heavy atom. The Bertz CT molecular complexity index is 637. The van der Waals surface area contributed by atoms with Crippen molar-refractivity contribution in [3.8, 4) is 0 Å². The molecule has 0 aliphatic rings.